The van der Waals surface area contributed by atoms with Gasteiger partial charge in [-0.1, -0.05) is 13.8 Å². The average molecular weight is 251 g/mol. The Hall–Kier alpha value is -1.62. The number of nitrogens with zero attached hydrogens (tertiary/aromatic N) is 1. The zero-order chi connectivity index (χ0) is 13.4. The SMILES string of the molecule is COCCNc1ccc(NC(=O)CC(C)C)cn1. The van der Waals surface area contributed by atoms with Gasteiger partial charge in [-0.05, 0) is 18.1 Å². The Morgan fingerprint density at radius 1 is 1.44 bits per heavy atom. The third-order valence-corrected chi connectivity index (χ3v) is 2.25. The van der Waals surface area contributed by atoms with Crippen LogP contribution in [0.5, 0.6) is 0 Å². The molecule has 5 nitrogen and oxygen atoms in total. The van der Waals surface area contributed by atoms with E-state index < -0.39 is 0 Å². The van der Waals surface area contributed by atoms with Crippen molar-refractivity contribution in [2.75, 3.05) is 30.9 Å². The molecule has 0 aromatic carbocycles. The summed E-state index contributed by atoms with van der Waals surface area (Å²) < 4.78 is 4.93. The lowest BCUT2D eigenvalue weighted by molar-refractivity contribution is -0.116. The molecule has 0 fully saturated rings. The van der Waals surface area contributed by atoms with Crippen molar-refractivity contribution in [3.05, 3.63) is 18.3 Å². The van der Waals surface area contributed by atoms with Crippen LogP contribution in [0.1, 0.15) is 20.3 Å². The first-order valence-electron chi connectivity index (χ1n) is 6.10. The van der Waals surface area contributed by atoms with Gasteiger partial charge in [0.05, 0.1) is 18.5 Å². The summed E-state index contributed by atoms with van der Waals surface area (Å²) in [6.07, 6.45) is 2.17. The number of aromatic nitrogens is 1. The van der Waals surface area contributed by atoms with Crippen LogP contribution in [0.2, 0.25) is 0 Å². The number of nitrogens with one attached hydrogen (secondary N) is 2. The molecule has 1 aromatic heterocycles. The number of methoxy groups -OCH3 is 1. The maximum atomic E-state index is 11.5. The molecule has 0 aliphatic rings. The lowest BCUT2D eigenvalue weighted by atomic mass is 10.1. The zero-order valence-corrected chi connectivity index (χ0v) is 11.2. The summed E-state index contributed by atoms with van der Waals surface area (Å²) in [7, 11) is 1.66. The van der Waals surface area contributed by atoms with E-state index in [4.69, 9.17) is 4.74 Å². The summed E-state index contributed by atoms with van der Waals surface area (Å²) in [5.74, 6) is 1.15. The smallest absolute Gasteiger partial charge is 0.224 e. The van der Waals surface area contributed by atoms with E-state index in [-0.39, 0.29) is 5.91 Å². The number of pyridine rings is 1. The second-order valence-electron chi connectivity index (χ2n) is 4.50. The summed E-state index contributed by atoms with van der Waals surface area (Å²) in [6.45, 7) is 5.37. The molecular formula is C13H21N3O2. The van der Waals surface area contributed by atoms with E-state index in [0.717, 1.165) is 11.5 Å². The van der Waals surface area contributed by atoms with Gasteiger partial charge in [0.2, 0.25) is 5.91 Å². The molecule has 0 saturated heterocycles. The van der Waals surface area contributed by atoms with E-state index in [0.29, 0.717) is 25.5 Å². The Bertz CT molecular complexity index is 363. The van der Waals surface area contributed by atoms with Gasteiger partial charge in [-0.2, -0.15) is 0 Å². The Balaban J connectivity index is 2.42. The number of ether oxygens (including phenoxy) is 1. The minimum atomic E-state index is 0.0203. The van der Waals surface area contributed by atoms with Crippen LogP contribution in [0.4, 0.5) is 11.5 Å². The van der Waals surface area contributed by atoms with Crippen molar-refractivity contribution in [1.29, 1.82) is 0 Å². The molecule has 1 rings (SSSR count). The molecule has 1 amide bonds. The lowest BCUT2D eigenvalue weighted by Crippen LogP contribution is -2.14. The van der Waals surface area contributed by atoms with Crippen LogP contribution in [0, 0.1) is 5.92 Å². The van der Waals surface area contributed by atoms with Gasteiger partial charge >= 0.3 is 0 Å². The minimum absolute atomic E-state index is 0.0203. The van der Waals surface area contributed by atoms with Gasteiger partial charge in [-0.15, -0.1) is 0 Å². The van der Waals surface area contributed by atoms with Crippen LogP contribution in [-0.2, 0) is 9.53 Å². The number of hydrogen-bond acceptors (Lipinski definition) is 4. The molecule has 0 aliphatic heterocycles. The van der Waals surface area contributed by atoms with Crippen LogP contribution in [-0.4, -0.2) is 31.2 Å². The Morgan fingerprint density at radius 2 is 2.22 bits per heavy atom. The van der Waals surface area contributed by atoms with Gasteiger partial charge in [0.1, 0.15) is 5.82 Å². The van der Waals surface area contributed by atoms with E-state index in [9.17, 15) is 4.79 Å². The minimum Gasteiger partial charge on any atom is -0.383 e. The normalized spacial score (nSPS) is 10.4. The molecule has 0 atom stereocenters. The van der Waals surface area contributed by atoms with E-state index in [1.807, 2.05) is 26.0 Å². The Labute approximate surface area is 108 Å². The van der Waals surface area contributed by atoms with Crippen LogP contribution >= 0.6 is 0 Å². The quantitative estimate of drug-likeness (QED) is 0.729. The molecule has 0 unspecified atom stereocenters. The maximum absolute atomic E-state index is 11.5. The van der Waals surface area contributed by atoms with Crippen LogP contribution in [0.25, 0.3) is 0 Å². The second-order valence-corrected chi connectivity index (χ2v) is 4.50. The monoisotopic (exact) mass is 251 g/mol. The number of anilines is 2. The molecule has 0 spiro atoms. The summed E-state index contributed by atoms with van der Waals surface area (Å²) >= 11 is 0. The number of carbonyl (C=O) groups is 1. The predicted molar refractivity (Wildman–Crippen MR) is 72.7 cm³/mol. The molecule has 0 saturated carbocycles. The fraction of sp³-hybridized carbons (Fsp3) is 0.538. The van der Waals surface area contributed by atoms with E-state index in [1.54, 1.807) is 13.3 Å². The van der Waals surface area contributed by atoms with E-state index in [2.05, 4.69) is 15.6 Å². The van der Waals surface area contributed by atoms with Gasteiger partial charge in [0, 0.05) is 20.1 Å². The predicted octanol–water partition coefficient (Wildman–Crippen LogP) is 2.12. The maximum Gasteiger partial charge on any atom is 0.224 e. The van der Waals surface area contributed by atoms with Crippen LogP contribution < -0.4 is 10.6 Å². The first-order valence-corrected chi connectivity index (χ1v) is 6.10. The first-order chi connectivity index (χ1) is 8.61. The highest BCUT2D eigenvalue weighted by molar-refractivity contribution is 5.90. The fourth-order valence-corrected chi connectivity index (χ4v) is 1.44. The molecule has 1 heterocycles. The van der Waals surface area contributed by atoms with Crippen molar-refractivity contribution in [2.24, 2.45) is 5.92 Å². The van der Waals surface area contributed by atoms with Crippen molar-refractivity contribution in [3.63, 3.8) is 0 Å². The molecule has 100 valence electrons. The molecular weight excluding hydrogens is 230 g/mol. The molecule has 0 bridgehead atoms. The van der Waals surface area contributed by atoms with Gasteiger partial charge in [0.25, 0.3) is 0 Å². The van der Waals surface area contributed by atoms with Crippen LogP contribution in [0.15, 0.2) is 18.3 Å². The average Bonchev–Trinajstić information content (AvgIpc) is 2.30. The van der Waals surface area contributed by atoms with Gasteiger partial charge in [0.15, 0.2) is 0 Å². The Morgan fingerprint density at radius 3 is 2.78 bits per heavy atom. The van der Waals surface area contributed by atoms with Crippen LogP contribution in [0.3, 0.4) is 0 Å². The van der Waals surface area contributed by atoms with Crippen molar-refractivity contribution in [1.82, 2.24) is 4.98 Å². The second kappa shape index (κ2) is 7.66. The van der Waals surface area contributed by atoms with Gasteiger partial charge < -0.3 is 15.4 Å². The third-order valence-electron chi connectivity index (χ3n) is 2.25. The summed E-state index contributed by atoms with van der Waals surface area (Å²) in [5.41, 5.74) is 0.720. The van der Waals surface area contributed by atoms with Crippen molar-refractivity contribution < 1.29 is 9.53 Å². The molecule has 0 radical (unpaired) electrons. The lowest BCUT2D eigenvalue weighted by Gasteiger charge is -2.08. The number of amides is 1. The van der Waals surface area contributed by atoms with Crippen molar-refractivity contribution >= 4 is 17.4 Å². The Kier molecular flexibility index (Phi) is 6.14. The molecule has 0 aliphatic carbocycles. The first kappa shape index (κ1) is 14.4. The summed E-state index contributed by atoms with van der Waals surface area (Å²) in [4.78, 5) is 15.7. The molecule has 5 heteroatoms. The molecule has 2 N–H and O–H groups in total. The highest BCUT2D eigenvalue weighted by atomic mass is 16.5. The van der Waals surface area contributed by atoms with Crippen molar-refractivity contribution in [3.8, 4) is 0 Å². The topological polar surface area (TPSA) is 63.2 Å². The highest BCUT2D eigenvalue weighted by Gasteiger charge is 2.05. The third kappa shape index (κ3) is 5.63. The standard InChI is InChI=1S/C13H21N3O2/c1-10(2)8-13(17)16-11-4-5-12(15-9-11)14-6-7-18-3/h4-5,9-10H,6-8H2,1-3H3,(H,14,15)(H,16,17). The number of hydrogen-bond donors (Lipinski definition) is 2. The summed E-state index contributed by atoms with van der Waals surface area (Å²) in [6, 6.07) is 3.67. The van der Waals surface area contributed by atoms with E-state index >= 15 is 0 Å². The van der Waals surface area contributed by atoms with Crippen molar-refractivity contribution in [2.45, 2.75) is 20.3 Å². The zero-order valence-electron chi connectivity index (χ0n) is 11.2. The number of rotatable bonds is 7. The van der Waals surface area contributed by atoms with Gasteiger partial charge in [-0.25, -0.2) is 4.98 Å². The number of carbonyl (C=O) groups excluding carboxylic acids is 1. The largest absolute Gasteiger partial charge is 0.383 e. The fourth-order valence-electron chi connectivity index (χ4n) is 1.44. The molecule has 1 aromatic rings. The highest BCUT2D eigenvalue weighted by Crippen LogP contribution is 2.10. The summed E-state index contributed by atoms with van der Waals surface area (Å²) in [5, 5.41) is 5.92. The molecule has 18 heavy (non-hydrogen) atoms. The van der Waals surface area contributed by atoms with E-state index in [1.165, 1.54) is 0 Å². The van der Waals surface area contributed by atoms with Gasteiger partial charge in [-0.3, -0.25) is 4.79 Å².